The maximum atomic E-state index is 5.87. The van der Waals surface area contributed by atoms with Gasteiger partial charge in [0, 0.05) is 6.04 Å². The third-order valence-corrected chi connectivity index (χ3v) is 5.19. The van der Waals surface area contributed by atoms with Crippen molar-refractivity contribution in [1.82, 2.24) is 5.43 Å². The van der Waals surface area contributed by atoms with E-state index in [1.165, 1.54) is 50.5 Å². The molecule has 1 atom stereocenters. The van der Waals surface area contributed by atoms with Gasteiger partial charge in [0.1, 0.15) is 0 Å². The molecule has 0 bridgehead atoms. The van der Waals surface area contributed by atoms with Gasteiger partial charge in [0.25, 0.3) is 0 Å². The molecule has 3 rings (SSSR count). The topological polar surface area (TPSA) is 38.0 Å². The van der Waals surface area contributed by atoms with Crippen molar-refractivity contribution >= 4 is 0 Å². The summed E-state index contributed by atoms with van der Waals surface area (Å²) in [6.45, 7) is 2.37. The Balaban J connectivity index is 1.78. The molecule has 0 saturated heterocycles. The summed E-state index contributed by atoms with van der Waals surface area (Å²) in [5, 5.41) is 0. The number of hydrogen-bond acceptors (Lipinski definition) is 2. The van der Waals surface area contributed by atoms with Crippen LogP contribution in [0.2, 0.25) is 0 Å². The van der Waals surface area contributed by atoms with E-state index in [0.717, 1.165) is 5.92 Å². The van der Waals surface area contributed by atoms with Crippen molar-refractivity contribution in [2.24, 2.45) is 17.7 Å². The minimum absolute atomic E-state index is 0.346. The van der Waals surface area contributed by atoms with Crippen LogP contribution in [0.5, 0.6) is 0 Å². The van der Waals surface area contributed by atoms with Crippen molar-refractivity contribution in [2.45, 2.75) is 57.9 Å². The lowest BCUT2D eigenvalue weighted by Crippen LogP contribution is -2.35. The van der Waals surface area contributed by atoms with Crippen LogP contribution < -0.4 is 11.3 Å². The van der Waals surface area contributed by atoms with E-state index in [1.54, 1.807) is 11.1 Å². The quantitative estimate of drug-likeness (QED) is 0.643. The van der Waals surface area contributed by atoms with Crippen LogP contribution in [-0.2, 0) is 12.8 Å². The Kier molecular flexibility index (Phi) is 3.90. The molecule has 1 aromatic rings. The summed E-state index contributed by atoms with van der Waals surface area (Å²) in [5.41, 5.74) is 7.61. The standard InChI is InChI=1S/C17H26N2/c1-12-5-7-14(8-6-12)17(19-18)16-10-9-13-3-2-4-15(13)11-16/h9-12,14,17,19H,2-8,18H2,1H3. The van der Waals surface area contributed by atoms with Gasteiger partial charge in [0.05, 0.1) is 0 Å². The second-order valence-corrected chi connectivity index (χ2v) is 6.55. The van der Waals surface area contributed by atoms with Crippen LogP contribution in [-0.4, -0.2) is 0 Å². The molecule has 0 radical (unpaired) electrons. The molecular weight excluding hydrogens is 232 g/mol. The van der Waals surface area contributed by atoms with Crippen LogP contribution in [0, 0.1) is 11.8 Å². The fourth-order valence-corrected chi connectivity index (χ4v) is 3.91. The zero-order chi connectivity index (χ0) is 13.2. The summed E-state index contributed by atoms with van der Waals surface area (Å²) >= 11 is 0. The number of hydrogen-bond donors (Lipinski definition) is 2. The van der Waals surface area contributed by atoms with Crippen molar-refractivity contribution in [3.05, 3.63) is 34.9 Å². The van der Waals surface area contributed by atoms with Crippen molar-refractivity contribution in [2.75, 3.05) is 0 Å². The lowest BCUT2D eigenvalue weighted by molar-refractivity contribution is 0.232. The summed E-state index contributed by atoms with van der Waals surface area (Å²) in [5.74, 6) is 7.47. The fraction of sp³-hybridized carbons (Fsp3) is 0.647. The average Bonchev–Trinajstić information content (AvgIpc) is 2.89. The third-order valence-electron chi connectivity index (χ3n) is 5.19. The Hall–Kier alpha value is -0.860. The monoisotopic (exact) mass is 258 g/mol. The van der Waals surface area contributed by atoms with E-state index in [-0.39, 0.29) is 0 Å². The first-order valence-electron chi connectivity index (χ1n) is 7.85. The Morgan fingerprint density at radius 1 is 1.11 bits per heavy atom. The lowest BCUT2D eigenvalue weighted by atomic mass is 9.77. The highest BCUT2D eigenvalue weighted by molar-refractivity contribution is 5.36. The molecule has 0 amide bonds. The third kappa shape index (κ3) is 2.70. The minimum Gasteiger partial charge on any atom is -0.271 e. The number of aryl methyl sites for hydroxylation is 2. The summed E-state index contributed by atoms with van der Waals surface area (Å²) in [6.07, 6.45) is 9.17. The van der Waals surface area contributed by atoms with Gasteiger partial charge in [-0.3, -0.25) is 11.3 Å². The van der Waals surface area contributed by atoms with Crippen molar-refractivity contribution < 1.29 is 0 Å². The minimum atomic E-state index is 0.346. The van der Waals surface area contributed by atoms with Gasteiger partial charge in [0.15, 0.2) is 0 Å². The molecule has 104 valence electrons. The van der Waals surface area contributed by atoms with E-state index in [4.69, 9.17) is 5.84 Å². The molecule has 2 aliphatic carbocycles. The molecule has 0 aliphatic heterocycles. The smallest absolute Gasteiger partial charge is 0.0488 e. The van der Waals surface area contributed by atoms with Crippen LogP contribution >= 0.6 is 0 Å². The predicted molar refractivity (Wildman–Crippen MR) is 79.7 cm³/mol. The molecule has 1 unspecified atom stereocenters. The normalized spacial score (nSPS) is 28.1. The largest absolute Gasteiger partial charge is 0.271 e. The molecule has 1 fully saturated rings. The molecule has 2 heteroatoms. The van der Waals surface area contributed by atoms with Gasteiger partial charge in [0.2, 0.25) is 0 Å². The van der Waals surface area contributed by atoms with E-state index in [1.807, 2.05) is 0 Å². The number of fused-ring (bicyclic) bond motifs is 1. The molecule has 2 aliphatic rings. The highest BCUT2D eigenvalue weighted by atomic mass is 15.2. The molecule has 2 nitrogen and oxygen atoms in total. The number of rotatable bonds is 3. The molecule has 0 aromatic heterocycles. The van der Waals surface area contributed by atoms with Gasteiger partial charge in [-0.1, -0.05) is 38.0 Å². The van der Waals surface area contributed by atoms with Gasteiger partial charge in [-0.15, -0.1) is 0 Å². The zero-order valence-electron chi connectivity index (χ0n) is 12.0. The first-order chi connectivity index (χ1) is 9.28. The first-order valence-corrected chi connectivity index (χ1v) is 7.85. The average molecular weight is 258 g/mol. The number of hydrazine groups is 1. The Labute approximate surface area is 116 Å². The maximum Gasteiger partial charge on any atom is 0.0488 e. The predicted octanol–water partition coefficient (Wildman–Crippen LogP) is 3.51. The van der Waals surface area contributed by atoms with Gasteiger partial charge in [-0.25, -0.2) is 0 Å². The second-order valence-electron chi connectivity index (χ2n) is 6.55. The molecule has 19 heavy (non-hydrogen) atoms. The fourth-order valence-electron chi connectivity index (χ4n) is 3.91. The van der Waals surface area contributed by atoms with E-state index in [0.29, 0.717) is 12.0 Å². The highest BCUT2D eigenvalue weighted by Crippen LogP contribution is 2.37. The van der Waals surface area contributed by atoms with E-state index >= 15 is 0 Å². The van der Waals surface area contributed by atoms with Crippen molar-refractivity contribution in [3.8, 4) is 0 Å². The number of nitrogens with one attached hydrogen (secondary N) is 1. The summed E-state index contributed by atoms with van der Waals surface area (Å²) in [4.78, 5) is 0. The molecular formula is C17H26N2. The Morgan fingerprint density at radius 3 is 2.58 bits per heavy atom. The zero-order valence-corrected chi connectivity index (χ0v) is 12.0. The van der Waals surface area contributed by atoms with Crippen LogP contribution in [0.3, 0.4) is 0 Å². The van der Waals surface area contributed by atoms with Crippen LogP contribution in [0.15, 0.2) is 18.2 Å². The number of benzene rings is 1. The van der Waals surface area contributed by atoms with E-state index in [9.17, 15) is 0 Å². The van der Waals surface area contributed by atoms with Crippen LogP contribution in [0.1, 0.15) is 61.8 Å². The van der Waals surface area contributed by atoms with Crippen LogP contribution in [0.25, 0.3) is 0 Å². The van der Waals surface area contributed by atoms with Gasteiger partial charge in [-0.2, -0.15) is 0 Å². The Bertz CT molecular complexity index is 433. The lowest BCUT2D eigenvalue weighted by Gasteiger charge is -2.32. The van der Waals surface area contributed by atoms with Gasteiger partial charge < -0.3 is 0 Å². The second kappa shape index (κ2) is 5.64. The SMILES string of the molecule is CC1CCC(C(NN)c2ccc3c(c2)CCC3)CC1. The molecule has 0 spiro atoms. The molecule has 1 saturated carbocycles. The number of nitrogens with two attached hydrogens (primary N) is 1. The van der Waals surface area contributed by atoms with Gasteiger partial charge in [-0.05, 0) is 60.6 Å². The maximum absolute atomic E-state index is 5.87. The van der Waals surface area contributed by atoms with Crippen molar-refractivity contribution in [1.29, 1.82) is 0 Å². The van der Waals surface area contributed by atoms with E-state index in [2.05, 4.69) is 30.5 Å². The van der Waals surface area contributed by atoms with Crippen molar-refractivity contribution in [3.63, 3.8) is 0 Å². The molecule has 1 aromatic carbocycles. The van der Waals surface area contributed by atoms with E-state index < -0.39 is 0 Å². The summed E-state index contributed by atoms with van der Waals surface area (Å²) in [6, 6.07) is 7.38. The highest BCUT2D eigenvalue weighted by Gasteiger charge is 2.27. The molecule has 0 heterocycles. The molecule has 3 N–H and O–H groups in total. The van der Waals surface area contributed by atoms with Gasteiger partial charge >= 0.3 is 0 Å². The Morgan fingerprint density at radius 2 is 1.84 bits per heavy atom. The summed E-state index contributed by atoms with van der Waals surface area (Å²) < 4.78 is 0. The summed E-state index contributed by atoms with van der Waals surface area (Å²) in [7, 11) is 0. The first kappa shape index (κ1) is 13.1. The van der Waals surface area contributed by atoms with Crippen LogP contribution in [0.4, 0.5) is 0 Å².